The van der Waals surface area contributed by atoms with Crippen LogP contribution in [0.3, 0.4) is 0 Å². The highest BCUT2D eigenvalue weighted by Gasteiger charge is 2.17. The van der Waals surface area contributed by atoms with E-state index in [1.54, 1.807) is 24.3 Å². The van der Waals surface area contributed by atoms with Crippen LogP contribution in [0.25, 0.3) is 0 Å². The highest BCUT2D eigenvalue weighted by molar-refractivity contribution is 7.89. The highest BCUT2D eigenvalue weighted by atomic mass is 32.2. The van der Waals surface area contributed by atoms with Crippen molar-refractivity contribution >= 4 is 15.7 Å². The van der Waals surface area contributed by atoms with E-state index in [0.717, 1.165) is 25.9 Å². The SMILES string of the molecule is CN(C)S(=O)(=O)c1ccc(OCCN2CCCc3ccccc32)cc1. The van der Waals surface area contributed by atoms with Crippen molar-refractivity contribution in [1.82, 2.24) is 4.31 Å². The van der Waals surface area contributed by atoms with Crippen LogP contribution in [0.1, 0.15) is 12.0 Å². The van der Waals surface area contributed by atoms with E-state index in [1.165, 1.54) is 29.7 Å². The van der Waals surface area contributed by atoms with E-state index in [0.29, 0.717) is 12.4 Å². The molecule has 0 saturated heterocycles. The number of benzene rings is 2. The monoisotopic (exact) mass is 360 g/mol. The van der Waals surface area contributed by atoms with Crippen molar-refractivity contribution in [3.05, 3.63) is 54.1 Å². The van der Waals surface area contributed by atoms with E-state index in [9.17, 15) is 8.42 Å². The van der Waals surface area contributed by atoms with Gasteiger partial charge in [-0.05, 0) is 48.7 Å². The molecule has 1 aliphatic heterocycles. The maximum atomic E-state index is 12.1. The van der Waals surface area contributed by atoms with Crippen LogP contribution >= 0.6 is 0 Å². The van der Waals surface area contributed by atoms with Gasteiger partial charge in [-0.1, -0.05) is 18.2 Å². The van der Waals surface area contributed by atoms with Crippen molar-refractivity contribution in [2.45, 2.75) is 17.7 Å². The normalized spacial score (nSPS) is 14.4. The zero-order valence-electron chi connectivity index (χ0n) is 14.7. The summed E-state index contributed by atoms with van der Waals surface area (Å²) in [5, 5.41) is 0. The third kappa shape index (κ3) is 3.96. The lowest BCUT2D eigenvalue weighted by Gasteiger charge is -2.31. The lowest BCUT2D eigenvalue weighted by Crippen LogP contribution is -2.33. The predicted octanol–water partition coefficient (Wildman–Crippen LogP) is 2.77. The first-order valence-electron chi connectivity index (χ1n) is 8.47. The minimum absolute atomic E-state index is 0.273. The number of rotatable bonds is 6. The molecule has 6 heteroatoms. The Morgan fingerprint density at radius 3 is 2.52 bits per heavy atom. The summed E-state index contributed by atoms with van der Waals surface area (Å²) in [6, 6.07) is 15.1. The number of para-hydroxylation sites is 1. The fourth-order valence-electron chi connectivity index (χ4n) is 3.04. The molecule has 0 unspecified atom stereocenters. The van der Waals surface area contributed by atoms with Gasteiger partial charge in [-0.3, -0.25) is 0 Å². The van der Waals surface area contributed by atoms with Crippen LogP contribution in [0, 0.1) is 0 Å². The molecular weight excluding hydrogens is 336 g/mol. The van der Waals surface area contributed by atoms with Gasteiger partial charge in [-0.25, -0.2) is 12.7 Å². The number of fused-ring (bicyclic) bond motifs is 1. The van der Waals surface area contributed by atoms with Gasteiger partial charge in [-0.2, -0.15) is 0 Å². The number of anilines is 1. The molecule has 5 nitrogen and oxygen atoms in total. The van der Waals surface area contributed by atoms with E-state index < -0.39 is 10.0 Å². The molecule has 0 fully saturated rings. The van der Waals surface area contributed by atoms with Gasteiger partial charge in [0.15, 0.2) is 0 Å². The molecule has 25 heavy (non-hydrogen) atoms. The summed E-state index contributed by atoms with van der Waals surface area (Å²) in [6.07, 6.45) is 2.30. The fraction of sp³-hybridized carbons (Fsp3) is 0.368. The Morgan fingerprint density at radius 1 is 1.08 bits per heavy atom. The molecule has 0 N–H and O–H groups in total. The second-order valence-corrected chi connectivity index (χ2v) is 8.48. The number of hydrogen-bond donors (Lipinski definition) is 0. The standard InChI is InChI=1S/C19H24N2O3S/c1-20(2)25(22,23)18-11-9-17(10-12-18)24-15-14-21-13-5-7-16-6-3-4-8-19(16)21/h3-4,6,8-12H,5,7,13-15H2,1-2H3. The van der Waals surface area contributed by atoms with Crippen LogP contribution in [0.4, 0.5) is 5.69 Å². The Bertz CT molecular complexity index is 817. The van der Waals surface area contributed by atoms with Gasteiger partial charge in [0.1, 0.15) is 12.4 Å². The first-order valence-corrected chi connectivity index (χ1v) is 9.91. The van der Waals surface area contributed by atoms with Gasteiger partial charge in [0, 0.05) is 26.3 Å². The molecule has 134 valence electrons. The van der Waals surface area contributed by atoms with Crippen LogP contribution in [0.5, 0.6) is 5.75 Å². The average molecular weight is 360 g/mol. The van der Waals surface area contributed by atoms with Gasteiger partial charge in [0.05, 0.1) is 11.4 Å². The molecule has 0 radical (unpaired) electrons. The summed E-state index contributed by atoms with van der Waals surface area (Å²) in [6.45, 7) is 2.42. The van der Waals surface area contributed by atoms with Crippen molar-refractivity contribution in [2.24, 2.45) is 0 Å². The molecule has 0 saturated carbocycles. The largest absolute Gasteiger partial charge is 0.492 e. The van der Waals surface area contributed by atoms with Crippen LogP contribution in [0.15, 0.2) is 53.4 Å². The zero-order chi connectivity index (χ0) is 17.9. The van der Waals surface area contributed by atoms with E-state index in [1.807, 2.05) is 0 Å². The number of sulfonamides is 1. The minimum atomic E-state index is -3.40. The fourth-order valence-corrected chi connectivity index (χ4v) is 3.94. The summed E-state index contributed by atoms with van der Waals surface area (Å²) < 4.78 is 31.1. The molecule has 0 aromatic heterocycles. The molecule has 1 aliphatic rings. The molecule has 1 heterocycles. The Labute approximate surface area is 149 Å². The molecule has 0 atom stereocenters. The first kappa shape index (κ1) is 17.8. The molecule has 0 aliphatic carbocycles. The number of hydrogen-bond acceptors (Lipinski definition) is 4. The Hall–Kier alpha value is -2.05. The second kappa shape index (κ2) is 7.45. The van der Waals surface area contributed by atoms with Crippen molar-refractivity contribution < 1.29 is 13.2 Å². The van der Waals surface area contributed by atoms with Crippen LogP contribution in [0.2, 0.25) is 0 Å². The lowest BCUT2D eigenvalue weighted by atomic mass is 10.0. The van der Waals surface area contributed by atoms with Crippen molar-refractivity contribution in [3.63, 3.8) is 0 Å². The Balaban J connectivity index is 1.58. The van der Waals surface area contributed by atoms with Gasteiger partial charge in [-0.15, -0.1) is 0 Å². The minimum Gasteiger partial charge on any atom is -0.492 e. The molecule has 2 aromatic rings. The van der Waals surface area contributed by atoms with Crippen molar-refractivity contribution in [3.8, 4) is 5.75 Å². The number of nitrogens with zero attached hydrogens (tertiary/aromatic N) is 2. The van der Waals surface area contributed by atoms with Crippen LogP contribution in [-0.4, -0.2) is 46.5 Å². The summed E-state index contributed by atoms with van der Waals surface area (Å²) >= 11 is 0. The Morgan fingerprint density at radius 2 is 1.80 bits per heavy atom. The van der Waals surface area contributed by atoms with E-state index in [2.05, 4.69) is 29.2 Å². The van der Waals surface area contributed by atoms with Crippen molar-refractivity contribution in [2.75, 3.05) is 38.7 Å². The molecule has 2 aromatic carbocycles. The third-order valence-electron chi connectivity index (χ3n) is 4.44. The molecule has 0 spiro atoms. The summed E-state index contributed by atoms with van der Waals surface area (Å²) in [7, 11) is -0.347. The molecule has 0 bridgehead atoms. The number of aryl methyl sites for hydroxylation is 1. The molecular formula is C19H24N2O3S. The van der Waals surface area contributed by atoms with E-state index in [4.69, 9.17) is 4.74 Å². The Kier molecular flexibility index (Phi) is 5.30. The maximum absolute atomic E-state index is 12.1. The van der Waals surface area contributed by atoms with Gasteiger partial charge >= 0.3 is 0 Å². The second-order valence-electron chi connectivity index (χ2n) is 6.33. The first-order chi connectivity index (χ1) is 12.0. The summed E-state index contributed by atoms with van der Waals surface area (Å²) in [5.41, 5.74) is 2.69. The smallest absolute Gasteiger partial charge is 0.242 e. The zero-order valence-corrected chi connectivity index (χ0v) is 15.5. The maximum Gasteiger partial charge on any atom is 0.242 e. The van der Waals surface area contributed by atoms with E-state index in [-0.39, 0.29) is 4.90 Å². The average Bonchev–Trinajstić information content (AvgIpc) is 2.62. The predicted molar refractivity (Wildman–Crippen MR) is 99.8 cm³/mol. The van der Waals surface area contributed by atoms with E-state index >= 15 is 0 Å². The van der Waals surface area contributed by atoms with Crippen molar-refractivity contribution in [1.29, 1.82) is 0 Å². The van der Waals surface area contributed by atoms with Crippen LogP contribution in [-0.2, 0) is 16.4 Å². The third-order valence-corrected chi connectivity index (χ3v) is 6.27. The summed E-state index contributed by atoms with van der Waals surface area (Å²) in [4.78, 5) is 2.62. The van der Waals surface area contributed by atoms with Gasteiger partial charge < -0.3 is 9.64 Å². The topological polar surface area (TPSA) is 49.9 Å². The summed E-state index contributed by atoms with van der Waals surface area (Å²) in [5.74, 6) is 0.683. The highest BCUT2D eigenvalue weighted by Crippen LogP contribution is 2.26. The van der Waals surface area contributed by atoms with Gasteiger partial charge in [0.25, 0.3) is 0 Å². The molecule has 3 rings (SSSR count). The lowest BCUT2D eigenvalue weighted by molar-refractivity contribution is 0.322. The van der Waals surface area contributed by atoms with Gasteiger partial charge in [0.2, 0.25) is 10.0 Å². The van der Waals surface area contributed by atoms with Crippen LogP contribution < -0.4 is 9.64 Å². The quantitative estimate of drug-likeness (QED) is 0.795. The number of ether oxygens (including phenoxy) is 1. The molecule has 0 amide bonds.